The van der Waals surface area contributed by atoms with Gasteiger partial charge in [-0.3, -0.25) is 4.79 Å². The number of hydrogen-bond donors (Lipinski definition) is 2. The van der Waals surface area contributed by atoms with E-state index >= 15 is 0 Å². The molecule has 0 unspecified atom stereocenters. The molecular formula is C18H21N5O2S. The molecule has 0 fully saturated rings. The van der Waals surface area contributed by atoms with Crippen LogP contribution in [0.2, 0.25) is 0 Å². The first-order valence-electron chi connectivity index (χ1n) is 8.27. The Hall–Kier alpha value is -2.74. The summed E-state index contributed by atoms with van der Waals surface area (Å²) >= 11 is 1.24. The summed E-state index contributed by atoms with van der Waals surface area (Å²) in [6.45, 7) is 5.88. The number of nitrogens with one attached hydrogen (secondary N) is 1. The number of aromatic nitrogens is 3. The van der Waals surface area contributed by atoms with Crippen LogP contribution in [0.25, 0.3) is 11.4 Å². The number of aryl methyl sites for hydroxylation is 3. The third kappa shape index (κ3) is 3.60. The van der Waals surface area contributed by atoms with Crippen LogP contribution in [0.5, 0.6) is 0 Å². The van der Waals surface area contributed by atoms with Crippen molar-refractivity contribution in [1.82, 2.24) is 14.9 Å². The minimum absolute atomic E-state index is 0.108. The van der Waals surface area contributed by atoms with E-state index in [2.05, 4.69) is 22.4 Å². The van der Waals surface area contributed by atoms with Crippen molar-refractivity contribution in [3.05, 3.63) is 47.4 Å². The van der Waals surface area contributed by atoms with Gasteiger partial charge in [0.05, 0.1) is 17.6 Å². The molecule has 1 amide bonds. The summed E-state index contributed by atoms with van der Waals surface area (Å²) in [6.07, 6.45) is 2.43. The number of carbonyl (C=O) groups is 1. The molecule has 2 heterocycles. The van der Waals surface area contributed by atoms with Crippen molar-refractivity contribution < 1.29 is 9.21 Å². The second-order valence-corrected chi connectivity index (χ2v) is 6.81. The third-order valence-corrected chi connectivity index (χ3v) is 5.04. The normalized spacial score (nSPS) is 10.9. The van der Waals surface area contributed by atoms with E-state index in [1.54, 1.807) is 12.3 Å². The van der Waals surface area contributed by atoms with Crippen LogP contribution in [0.15, 0.2) is 40.1 Å². The molecule has 0 saturated heterocycles. The number of hydrogen-bond acceptors (Lipinski definition) is 6. The number of furan rings is 1. The topological polar surface area (TPSA) is 99.0 Å². The maximum Gasteiger partial charge on any atom is 0.234 e. The van der Waals surface area contributed by atoms with Crippen LogP contribution >= 0.6 is 11.8 Å². The lowest BCUT2D eigenvalue weighted by Gasteiger charge is -2.12. The van der Waals surface area contributed by atoms with Gasteiger partial charge in [0.15, 0.2) is 5.82 Å². The number of anilines is 1. The van der Waals surface area contributed by atoms with E-state index in [1.165, 1.54) is 16.4 Å². The minimum Gasteiger partial charge on any atom is -0.469 e. The van der Waals surface area contributed by atoms with E-state index in [0.717, 1.165) is 28.8 Å². The SMILES string of the molecule is CCc1cccc(C)c1NC(=O)CSc1nnc(-c2ccoc2C)n1N. The Morgan fingerprint density at radius 3 is 2.81 bits per heavy atom. The standard InChI is InChI=1S/C18H21N5O2S/c1-4-13-7-5-6-11(2)16(13)20-15(24)10-26-18-22-21-17(23(18)19)14-8-9-25-12(14)3/h5-9H,4,10,19H2,1-3H3,(H,20,24). The Balaban J connectivity index is 1.68. The number of rotatable bonds is 6. The third-order valence-electron chi connectivity index (χ3n) is 4.10. The molecule has 1 aromatic carbocycles. The Bertz CT molecular complexity index is 932. The van der Waals surface area contributed by atoms with Gasteiger partial charge in [0, 0.05) is 5.69 Å². The van der Waals surface area contributed by atoms with E-state index in [1.807, 2.05) is 32.0 Å². The number of carbonyl (C=O) groups excluding carboxylic acids is 1. The van der Waals surface area contributed by atoms with Crippen molar-refractivity contribution in [2.75, 3.05) is 16.9 Å². The summed E-state index contributed by atoms with van der Waals surface area (Å²) < 4.78 is 6.65. The van der Waals surface area contributed by atoms with Gasteiger partial charge >= 0.3 is 0 Å². The highest BCUT2D eigenvalue weighted by Gasteiger charge is 2.17. The molecule has 0 atom stereocenters. The number of nitrogen functional groups attached to an aromatic ring is 1. The quantitative estimate of drug-likeness (QED) is 0.510. The number of benzene rings is 1. The highest BCUT2D eigenvalue weighted by atomic mass is 32.2. The highest BCUT2D eigenvalue weighted by molar-refractivity contribution is 7.99. The average Bonchev–Trinajstić information content (AvgIpc) is 3.20. The summed E-state index contributed by atoms with van der Waals surface area (Å²) in [7, 11) is 0. The van der Waals surface area contributed by atoms with Crippen LogP contribution in [0.3, 0.4) is 0 Å². The Labute approximate surface area is 156 Å². The minimum atomic E-state index is -0.108. The van der Waals surface area contributed by atoms with E-state index < -0.39 is 0 Å². The molecule has 136 valence electrons. The molecule has 0 aliphatic heterocycles. The zero-order valence-corrected chi connectivity index (χ0v) is 15.8. The van der Waals surface area contributed by atoms with Crippen LogP contribution in [0, 0.1) is 13.8 Å². The first-order valence-corrected chi connectivity index (χ1v) is 9.26. The fraction of sp³-hybridized carbons (Fsp3) is 0.278. The smallest absolute Gasteiger partial charge is 0.234 e. The van der Waals surface area contributed by atoms with Crippen LogP contribution in [0.1, 0.15) is 23.8 Å². The van der Waals surface area contributed by atoms with Crippen LogP contribution < -0.4 is 11.2 Å². The lowest BCUT2D eigenvalue weighted by atomic mass is 10.1. The molecular weight excluding hydrogens is 350 g/mol. The fourth-order valence-electron chi connectivity index (χ4n) is 2.68. The first kappa shape index (κ1) is 18.1. The van der Waals surface area contributed by atoms with Gasteiger partial charge in [-0.1, -0.05) is 36.9 Å². The lowest BCUT2D eigenvalue weighted by Crippen LogP contribution is -2.18. The van der Waals surface area contributed by atoms with Crippen molar-refractivity contribution in [1.29, 1.82) is 0 Å². The molecule has 7 nitrogen and oxygen atoms in total. The largest absolute Gasteiger partial charge is 0.469 e. The molecule has 3 N–H and O–H groups in total. The average molecular weight is 371 g/mol. The van der Waals surface area contributed by atoms with Crippen LogP contribution in [0.4, 0.5) is 5.69 Å². The molecule has 0 spiro atoms. The van der Waals surface area contributed by atoms with Crippen LogP contribution in [-0.2, 0) is 11.2 Å². The van der Waals surface area contributed by atoms with E-state index in [9.17, 15) is 4.79 Å². The zero-order chi connectivity index (χ0) is 18.7. The molecule has 0 aliphatic carbocycles. The maximum absolute atomic E-state index is 12.4. The van der Waals surface area contributed by atoms with E-state index in [4.69, 9.17) is 10.3 Å². The Kier molecular flexibility index (Phi) is 5.32. The number of para-hydroxylation sites is 1. The molecule has 3 rings (SSSR count). The van der Waals surface area contributed by atoms with Crippen molar-refractivity contribution in [2.24, 2.45) is 0 Å². The highest BCUT2D eigenvalue weighted by Crippen LogP contribution is 2.25. The summed E-state index contributed by atoms with van der Waals surface area (Å²) in [6, 6.07) is 7.78. The van der Waals surface area contributed by atoms with Gasteiger partial charge in [0.2, 0.25) is 11.1 Å². The summed E-state index contributed by atoms with van der Waals surface area (Å²) in [4.78, 5) is 12.4. The van der Waals surface area contributed by atoms with Crippen LogP contribution in [-0.4, -0.2) is 26.5 Å². The molecule has 2 aromatic heterocycles. The molecule has 0 saturated carbocycles. The number of nitrogens with zero attached hydrogens (tertiary/aromatic N) is 3. The van der Waals surface area contributed by atoms with Gasteiger partial charge in [-0.05, 0) is 37.5 Å². The Morgan fingerprint density at radius 2 is 2.12 bits per heavy atom. The predicted molar refractivity (Wildman–Crippen MR) is 103 cm³/mol. The van der Waals surface area contributed by atoms with Crippen molar-refractivity contribution in [3.8, 4) is 11.4 Å². The monoisotopic (exact) mass is 371 g/mol. The second-order valence-electron chi connectivity index (χ2n) is 5.87. The molecule has 0 bridgehead atoms. The molecule has 26 heavy (non-hydrogen) atoms. The molecule has 0 radical (unpaired) electrons. The summed E-state index contributed by atoms with van der Waals surface area (Å²) in [5, 5.41) is 11.6. The van der Waals surface area contributed by atoms with Crippen molar-refractivity contribution in [3.63, 3.8) is 0 Å². The number of thioether (sulfide) groups is 1. The van der Waals surface area contributed by atoms with Gasteiger partial charge < -0.3 is 15.6 Å². The van der Waals surface area contributed by atoms with Crippen molar-refractivity contribution >= 4 is 23.4 Å². The Morgan fingerprint density at radius 1 is 1.31 bits per heavy atom. The van der Waals surface area contributed by atoms with E-state index in [-0.39, 0.29) is 11.7 Å². The van der Waals surface area contributed by atoms with Gasteiger partial charge in [-0.25, -0.2) is 4.68 Å². The summed E-state index contributed by atoms with van der Waals surface area (Å²) in [5.74, 6) is 7.37. The van der Waals surface area contributed by atoms with Gasteiger partial charge in [-0.2, -0.15) is 0 Å². The van der Waals surface area contributed by atoms with Crippen molar-refractivity contribution in [2.45, 2.75) is 32.3 Å². The van der Waals surface area contributed by atoms with Gasteiger partial charge in [-0.15, -0.1) is 10.2 Å². The molecule has 3 aromatic rings. The van der Waals surface area contributed by atoms with Gasteiger partial charge in [0.1, 0.15) is 5.76 Å². The van der Waals surface area contributed by atoms with E-state index in [0.29, 0.717) is 16.7 Å². The zero-order valence-electron chi connectivity index (χ0n) is 14.9. The maximum atomic E-state index is 12.4. The molecule has 0 aliphatic rings. The number of nitrogens with two attached hydrogens (primary N) is 1. The molecule has 8 heteroatoms. The summed E-state index contributed by atoms with van der Waals surface area (Å²) in [5.41, 5.74) is 3.82. The lowest BCUT2D eigenvalue weighted by molar-refractivity contribution is -0.113. The fourth-order valence-corrected chi connectivity index (χ4v) is 3.34. The number of amides is 1. The second kappa shape index (κ2) is 7.65. The van der Waals surface area contributed by atoms with Gasteiger partial charge in [0.25, 0.3) is 0 Å². The predicted octanol–water partition coefficient (Wildman–Crippen LogP) is 3.16. The first-order chi connectivity index (χ1) is 12.5.